The van der Waals surface area contributed by atoms with E-state index in [1.54, 1.807) is 0 Å². The summed E-state index contributed by atoms with van der Waals surface area (Å²) in [6.45, 7) is 0. The van der Waals surface area contributed by atoms with E-state index >= 15 is 0 Å². The van der Waals surface area contributed by atoms with Gasteiger partial charge in [0.15, 0.2) is 0 Å². The van der Waals surface area contributed by atoms with E-state index in [4.69, 9.17) is 0 Å². The number of rotatable bonds is 2. The Hall–Kier alpha value is -6.64. The van der Waals surface area contributed by atoms with Crippen LogP contribution in [0.3, 0.4) is 0 Å². The lowest BCUT2D eigenvalue weighted by atomic mass is 9.93. The second-order valence-electron chi connectivity index (χ2n) is 12.7. The summed E-state index contributed by atoms with van der Waals surface area (Å²) in [5, 5.41) is 3.59. The van der Waals surface area contributed by atoms with Crippen molar-refractivity contribution in [3.63, 3.8) is 0 Å². The van der Waals surface area contributed by atoms with Crippen LogP contribution < -0.4 is 10.2 Å². The predicted molar refractivity (Wildman–Crippen MR) is 212 cm³/mol. The molecule has 8 bridgehead atoms. The highest BCUT2D eigenvalue weighted by Gasteiger charge is 2.16. The quantitative estimate of drug-likeness (QED) is 0.203. The molecule has 0 fully saturated rings. The Morgan fingerprint density at radius 3 is 0.880 bits per heavy atom. The number of benzene rings is 8. The number of hydrogen-bond acceptors (Lipinski definition) is 2. The van der Waals surface area contributed by atoms with Crippen LogP contribution in [0.15, 0.2) is 200 Å². The first-order valence-electron chi connectivity index (χ1n) is 17.1. The zero-order valence-electron chi connectivity index (χ0n) is 27.5. The SMILES string of the molecule is c1ccc(-c2ccc(N3c4ccc(cc4)-c4ccccc4-c4ccc(cc4)Nc4ccc(cc4)-c4ccccc4-c4ccc3cc4)cc2)cc1. The highest BCUT2D eigenvalue weighted by molar-refractivity contribution is 5.88. The molecule has 2 nitrogen and oxygen atoms in total. The third kappa shape index (κ3) is 5.63. The van der Waals surface area contributed by atoms with E-state index in [0.29, 0.717) is 0 Å². The molecule has 236 valence electrons. The molecule has 7 heterocycles. The topological polar surface area (TPSA) is 15.3 Å². The molecule has 7 aliphatic rings. The number of nitrogens with one attached hydrogen (secondary N) is 1. The van der Waals surface area contributed by atoms with E-state index in [-0.39, 0.29) is 0 Å². The van der Waals surface area contributed by atoms with E-state index in [9.17, 15) is 0 Å². The van der Waals surface area contributed by atoms with Crippen molar-refractivity contribution in [2.24, 2.45) is 0 Å². The minimum Gasteiger partial charge on any atom is -0.356 e. The van der Waals surface area contributed by atoms with Crippen molar-refractivity contribution in [1.29, 1.82) is 0 Å². The van der Waals surface area contributed by atoms with E-state index in [1.165, 1.54) is 55.6 Å². The van der Waals surface area contributed by atoms with Crippen molar-refractivity contribution in [3.05, 3.63) is 200 Å². The van der Waals surface area contributed by atoms with Crippen LogP contribution in [0, 0.1) is 0 Å². The Morgan fingerprint density at radius 1 is 0.240 bits per heavy atom. The van der Waals surface area contributed by atoms with Crippen LogP contribution in [0.4, 0.5) is 28.4 Å². The number of anilines is 5. The van der Waals surface area contributed by atoms with Crippen molar-refractivity contribution in [3.8, 4) is 55.6 Å². The Labute approximate surface area is 293 Å². The largest absolute Gasteiger partial charge is 0.356 e. The molecule has 0 unspecified atom stereocenters. The van der Waals surface area contributed by atoms with Crippen molar-refractivity contribution >= 4 is 28.4 Å². The predicted octanol–water partition coefficient (Wildman–Crippen LogP) is 13.5. The van der Waals surface area contributed by atoms with Gasteiger partial charge in [-0.3, -0.25) is 0 Å². The van der Waals surface area contributed by atoms with Gasteiger partial charge in [0.05, 0.1) is 0 Å². The van der Waals surface area contributed by atoms with Crippen molar-refractivity contribution in [2.75, 3.05) is 10.2 Å². The molecule has 0 radical (unpaired) electrons. The molecule has 2 heteroatoms. The van der Waals surface area contributed by atoms with E-state index in [2.05, 4.69) is 210 Å². The first kappa shape index (κ1) is 29.5. The van der Waals surface area contributed by atoms with Crippen LogP contribution in [0.2, 0.25) is 0 Å². The van der Waals surface area contributed by atoms with Gasteiger partial charge in [0.2, 0.25) is 0 Å². The maximum Gasteiger partial charge on any atom is 0.0462 e. The zero-order chi connectivity index (χ0) is 33.3. The molecule has 50 heavy (non-hydrogen) atoms. The van der Waals surface area contributed by atoms with Gasteiger partial charge in [0, 0.05) is 28.4 Å². The van der Waals surface area contributed by atoms with Gasteiger partial charge in [-0.05, 0) is 116 Å². The molecule has 1 N–H and O–H groups in total. The average Bonchev–Trinajstić information content (AvgIpc) is 3.20. The van der Waals surface area contributed by atoms with Gasteiger partial charge >= 0.3 is 0 Å². The van der Waals surface area contributed by atoms with Gasteiger partial charge in [-0.2, -0.15) is 0 Å². The van der Waals surface area contributed by atoms with Crippen LogP contribution in [-0.2, 0) is 0 Å². The lowest BCUT2D eigenvalue weighted by molar-refractivity contribution is 1.28. The standard InChI is InChI=1S/C48H34N2/c1-2-8-34(9-3-1)35-18-28-42(29-19-35)50-43-30-20-38(21-31-43)47-12-6-4-10-45(47)36-14-24-40(25-15-36)49-41-26-16-37(17-27-41)46-11-5-7-13-48(46)39-22-32-44(50)33-23-39/h1-33,49H. The molecule has 0 amide bonds. The molecule has 0 spiro atoms. The van der Waals surface area contributed by atoms with Crippen LogP contribution in [0.5, 0.6) is 0 Å². The van der Waals surface area contributed by atoms with Crippen molar-refractivity contribution in [2.45, 2.75) is 0 Å². The van der Waals surface area contributed by atoms with Crippen LogP contribution in [-0.4, -0.2) is 0 Å². The molecule has 0 aliphatic carbocycles. The fourth-order valence-electron chi connectivity index (χ4n) is 7.07. The molecule has 0 saturated heterocycles. The molecule has 0 aromatic heterocycles. The highest BCUT2D eigenvalue weighted by Crippen LogP contribution is 2.40. The third-order valence-corrected chi connectivity index (χ3v) is 9.64. The van der Waals surface area contributed by atoms with Gasteiger partial charge < -0.3 is 10.2 Å². The lowest BCUT2D eigenvalue weighted by Gasteiger charge is -2.26. The Morgan fingerprint density at radius 2 is 0.520 bits per heavy atom. The lowest BCUT2D eigenvalue weighted by Crippen LogP contribution is -2.09. The summed E-state index contributed by atoms with van der Waals surface area (Å²) in [6.07, 6.45) is 0. The Balaban J connectivity index is 1.20. The molecule has 0 saturated carbocycles. The molecule has 0 atom stereocenters. The molecule has 8 aromatic rings. The van der Waals surface area contributed by atoms with Gasteiger partial charge in [-0.15, -0.1) is 0 Å². The van der Waals surface area contributed by atoms with Gasteiger partial charge in [0.1, 0.15) is 0 Å². The number of hydrogen-bond donors (Lipinski definition) is 1. The minimum absolute atomic E-state index is 1.06. The van der Waals surface area contributed by atoms with Gasteiger partial charge in [-0.1, -0.05) is 140 Å². The third-order valence-electron chi connectivity index (χ3n) is 9.64. The second-order valence-corrected chi connectivity index (χ2v) is 12.7. The van der Waals surface area contributed by atoms with Crippen LogP contribution in [0.1, 0.15) is 0 Å². The smallest absolute Gasteiger partial charge is 0.0462 e. The van der Waals surface area contributed by atoms with E-state index in [1.807, 2.05) is 0 Å². The summed E-state index contributed by atoms with van der Waals surface area (Å²) in [5.74, 6) is 0. The van der Waals surface area contributed by atoms with Crippen LogP contribution >= 0.6 is 0 Å². The first-order valence-corrected chi connectivity index (χ1v) is 17.1. The zero-order valence-corrected chi connectivity index (χ0v) is 27.5. The fourth-order valence-corrected chi connectivity index (χ4v) is 7.07. The summed E-state index contributed by atoms with van der Waals surface area (Å²) < 4.78 is 0. The fraction of sp³-hybridized carbons (Fsp3) is 0. The normalized spacial score (nSPS) is 11.7. The van der Waals surface area contributed by atoms with E-state index in [0.717, 1.165) is 28.4 Å². The van der Waals surface area contributed by atoms with Crippen LogP contribution in [0.25, 0.3) is 55.6 Å². The molecular weight excluding hydrogens is 605 g/mol. The maximum absolute atomic E-state index is 3.59. The summed E-state index contributed by atoms with van der Waals surface area (Å²) >= 11 is 0. The summed E-state index contributed by atoms with van der Waals surface area (Å²) in [6, 6.07) is 72.2. The Kier molecular flexibility index (Phi) is 7.53. The van der Waals surface area contributed by atoms with E-state index < -0.39 is 0 Å². The highest BCUT2D eigenvalue weighted by atomic mass is 15.1. The molecule has 8 aromatic carbocycles. The van der Waals surface area contributed by atoms with Crippen molar-refractivity contribution in [1.82, 2.24) is 0 Å². The van der Waals surface area contributed by atoms with Gasteiger partial charge in [-0.25, -0.2) is 0 Å². The minimum atomic E-state index is 1.06. The Bertz CT molecular complexity index is 2260. The monoisotopic (exact) mass is 638 g/mol. The summed E-state index contributed by atoms with van der Waals surface area (Å²) in [7, 11) is 0. The molecule has 15 rings (SSSR count). The number of nitrogens with zero attached hydrogens (tertiary/aromatic N) is 1. The maximum atomic E-state index is 3.59. The first-order chi connectivity index (χ1) is 24.8. The summed E-state index contributed by atoms with van der Waals surface area (Å²) in [5.41, 5.74) is 17.4. The second kappa shape index (κ2) is 12.8. The van der Waals surface area contributed by atoms with Crippen molar-refractivity contribution < 1.29 is 0 Å². The average molecular weight is 639 g/mol. The molecular formula is C48H34N2. The summed E-state index contributed by atoms with van der Waals surface area (Å²) in [4.78, 5) is 2.34. The van der Waals surface area contributed by atoms with Gasteiger partial charge in [0.25, 0.3) is 0 Å². The molecule has 7 aliphatic heterocycles.